The maximum absolute atomic E-state index is 12.7. The Morgan fingerprint density at radius 1 is 1.23 bits per heavy atom. The van der Waals surface area contributed by atoms with Crippen LogP contribution in [0.4, 0.5) is 16.2 Å². The number of aryl methyl sites for hydroxylation is 1. The van der Waals surface area contributed by atoms with E-state index in [2.05, 4.69) is 25.7 Å². The summed E-state index contributed by atoms with van der Waals surface area (Å²) in [5.74, 6) is 0.283. The molecule has 3 aromatic rings. The van der Waals surface area contributed by atoms with E-state index in [4.69, 9.17) is 26.8 Å². The summed E-state index contributed by atoms with van der Waals surface area (Å²) in [5, 5.41) is 10.1. The van der Waals surface area contributed by atoms with E-state index in [0.29, 0.717) is 22.7 Å². The Labute approximate surface area is 178 Å². The number of carbonyl (C=O) groups excluding carboxylic acids is 1. The van der Waals surface area contributed by atoms with Crippen molar-refractivity contribution in [3.63, 3.8) is 0 Å². The van der Waals surface area contributed by atoms with E-state index < -0.39 is 6.03 Å². The molecular formula is C19H24ClN7O3. The molecule has 4 N–H and O–H groups in total. The number of rotatable bonds is 7. The monoisotopic (exact) mass is 433 g/mol. The number of hydrogen-bond donors (Lipinski definition) is 3. The van der Waals surface area contributed by atoms with Crippen molar-refractivity contribution in [3.05, 3.63) is 40.9 Å². The van der Waals surface area contributed by atoms with Crippen molar-refractivity contribution in [3.8, 4) is 5.88 Å². The first kappa shape index (κ1) is 21.8. The summed E-state index contributed by atoms with van der Waals surface area (Å²) in [7, 11) is 1.56. The average Bonchev–Trinajstić information content (AvgIpc) is 3.06. The quantitative estimate of drug-likeness (QED) is 0.521. The number of urea groups is 1. The molecule has 0 saturated heterocycles. The lowest BCUT2D eigenvalue weighted by Crippen LogP contribution is -2.25. The molecule has 0 fully saturated rings. The van der Waals surface area contributed by atoms with Crippen LogP contribution in [-0.4, -0.2) is 45.4 Å². The van der Waals surface area contributed by atoms with Crippen molar-refractivity contribution in [2.45, 2.75) is 32.9 Å². The highest BCUT2D eigenvalue weighted by molar-refractivity contribution is 6.29. The van der Waals surface area contributed by atoms with Gasteiger partial charge in [0.15, 0.2) is 10.8 Å². The van der Waals surface area contributed by atoms with Crippen LogP contribution >= 0.6 is 11.6 Å². The van der Waals surface area contributed by atoms with E-state index in [9.17, 15) is 4.79 Å². The second-order valence-corrected chi connectivity index (χ2v) is 7.29. The van der Waals surface area contributed by atoms with E-state index in [1.54, 1.807) is 25.4 Å². The molecule has 3 rings (SSSR count). The first-order chi connectivity index (χ1) is 14.3. The zero-order valence-corrected chi connectivity index (χ0v) is 17.9. The van der Waals surface area contributed by atoms with Crippen molar-refractivity contribution in [2.75, 3.05) is 24.4 Å². The molecule has 0 radical (unpaired) electrons. The molecule has 11 heteroatoms. The molecule has 0 aliphatic rings. The lowest BCUT2D eigenvalue weighted by Gasteiger charge is -2.18. The van der Waals surface area contributed by atoms with Gasteiger partial charge in [0.05, 0.1) is 23.7 Å². The Hall–Kier alpha value is -2.95. The number of methoxy groups -OCH3 is 1. The van der Waals surface area contributed by atoms with Gasteiger partial charge in [-0.05, 0) is 32.4 Å². The van der Waals surface area contributed by atoms with Gasteiger partial charge in [0.1, 0.15) is 12.3 Å². The van der Waals surface area contributed by atoms with Gasteiger partial charge in [-0.3, -0.25) is 0 Å². The fraction of sp³-hybridized carbons (Fsp3) is 0.368. The SMILES string of the molecule is COC(C)c1c(NC(=O)Nc2cc(C)cnc2OCC(C)N)cnc2cc(Cl)nn12. The number of anilines is 2. The summed E-state index contributed by atoms with van der Waals surface area (Å²) in [5.41, 5.74) is 8.59. The van der Waals surface area contributed by atoms with Crippen molar-refractivity contribution < 1.29 is 14.3 Å². The molecule has 3 aromatic heterocycles. The topological polar surface area (TPSA) is 129 Å². The smallest absolute Gasteiger partial charge is 0.323 e. The largest absolute Gasteiger partial charge is 0.475 e. The molecule has 2 atom stereocenters. The lowest BCUT2D eigenvalue weighted by atomic mass is 10.2. The predicted octanol–water partition coefficient (Wildman–Crippen LogP) is 3.16. The summed E-state index contributed by atoms with van der Waals surface area (Å²) in [6.45, 7) is 5.78. The zero-order valence-electron chi connectivity index (χ0n) is 17.1. The van der Waals surface area contributed by atoms with Crippen LogP contribution in [0.3, 0.4) is 0 Å². The van der Waals surface area contributed by atoms with Gasteiger partial charge in [-0.15, -0.1) is 0 Å². The number of hydrogen-bond acceptors (Lipinski definition) is 7. The average molecular weight is 434 g/mol. The second-order valence-electron chi connectivity index (χ2n) is 6.90. The molecule has 30 heavy (non-hydrogen) atoms. The number of aromatic nitrogens is 4. The summed E-state index contributed by atoms with van der Waals surface area (Å²) in [6.07, 6.45) is 2.80. The van der Waals surface area contributed by atoms with Crippen molar-refractivity contribution in [2.24, 2.45) is 5.73 Å². The molecule has 0 bridgehead atoms. The maximum Gasteiger partial charge on any atom is 0.323 e. The molecule has 3 heterocycles. The van der Waals surface area contributed by atoms with Gasteiger partial charge in [-0.25, -0.2) is 19.3 Å². The summed E-state index contributed by atoms with van der Waals surface area (Å²) < 4.78 is 12.6. The third-order valence-corrected chi connectivity index (χ3v) is 4.38. The highest BCUT2D eigenvalue weighted by Gasteiger charge is 2.20. The number of nitrogens with zero attached hydrogens (tertiary/aromatic N) is 4. The van der Waals surface area contributed by atoms with Gasteiger partial charge in [-0.1, -0.05) is 11.6 Å². The number of pyridine rings is 1. The second kappa shape index (κ2) is 9.24. The Bertz CT molecular complexity index is 1050. The number of fused-ring (bicyclic) bond motifs is 1. The number of nitrogens with one attached hydrogen (secondary N) is 2. The molecule has 0 aliphatic carbocycles. The Balaban J connectivity index is 1.86. The number of nitrogens with two attached hydrogens (primary N) is 1. The van der Waals surface area contributed by atoms with E-state index >= 15 is 0 Å². The number of ether oxygens (including phenoxy) is 2. The highest BCUT2D eigenvalue weighted by atomic mass is 35.5. The predicted molar refractivity (Wildman–Crippen MR) is 114 cm³/mol. The van der Waals surface area contributed by atoms with Gasteiger partial charge in [0.25, 0.3) is 0 Å². The highest BCUT2D eigenvalue weighted by Crippen LogP contribution is 2.27. The Kier molecular flexibility index (Phi) is 6.70. The zero-order chi connectivity index (χ0) is 21.8. The number of halogens is 1. The van der Waals surface area contributed by atoms with E-state index in [0.717, 1.165) is 5.56 Å². The van der Waals surface area contributed by atoms with Crippen LogP contribution in [0.2, 0.25) is 5.15 Å². The molecule has 0 aliphatic heterocycles. The van der Waals surface area contributed by atoms with Gasteiger partial charge in [0.2, 0.25) is 5.88 Å². The first-order valence-electron chi connectivity index (χ1n) is 9.28. The minimum Gasteiger partial charge on any atom is -0.475 e. The summed E-state index contributed by atoms with van der Waals surface area (Å²) in [6, 6.07) is 2.71. The van der Waals surface area contributed by atoms with Crippen molar-refractivity contribution in [1.29, 1.82) is 0 Å². The Morgan fingerprint density at radius 3 is 2.67 bits per heavy atom. The van der Waals surface area contributed by atoms with Crippen LogP contribution < -0.4 is 21.1 Å². The van der Waals surface area contributed by atoms with Gasteiger partial charge < -0.3 is 25.8 Å². The maximum atomic E-state index is 12.7. The molecule has 160 valence electrons. The molecular weight excluding hydrogens is 410 g/mol. The summed E-state index contributed by atoms with van der Waals surface area (Å²) >= 11 is 6.01. The fourth-order valence-electron chi connectivity index (χ4n) is 2.77. The number of amides is 2. The fourth-order valence-corrected chi connectivity index (χ4v) is 2.94. The van der Waals surface area contributed by atoms with Crippen LogP contribution in [0, 0.1) is 6.92 Å². The van der Waals surface area contributed by atoms with E-state index in [1.165, 1.54) is 10.7 Å². The lowest BCUT2D eigenvalue weighted by molar-refractivity contribution is 0.114. The van der Waals surface area contributed by atoms with Crippen LogP contribution in [0.1, 0.15) is 31.2 Å². The molecule has 2 unspecified atom stereocenters. The molecule has 0 saturated carbocycles. The van der Waals surface area contributed by atoms with Gasteiger partial charge in [-0.2, -0.15) is 5.10 Å². The van der Waals surface area contributed by atoms with Crippen LogP contribution in [0.15, 0.2) is 24.5 Å². The van der Waals surface area contributed by atoms with Crippen LogP contribution in [0.5, 0.6) is 5.88 Å². The number of carbonyl (C=O) groups is 1. The van der Waals surface area contributed by atoms with E-state index in [-0.39, 0.29) is 29.8 Å². The molecule has 0 spiro atoms. The van der Waals surface area contributed by atoms with Crippen molar-refractivity contribution in [1.82, 2.24) is 19.6 Å². The molecule has 2 amide bonds. The third-order valence-electron chi connectivity index (χ3n) is 4.20. The van der Waals surface area contributed by atoms with Gasteiger partial charge in [0, 0.05) is 25.4 Å². The van der Waals surface area contributed by atoms with Crippen LogP contribution in [-0.2, 0) is 4.74 Å². The minimum absolute atomic E-state index is 0.174. The molecule has 0 aromatic carbocycles. The normalized spacial score (nSPS) is 13.1. The molecule has 10 nitrogen and oxygen atoms in total. The standard InChI is InChI=1S/C19H24ClN7O3/c1-10-5-13(18(23-7-10)30-9-11(2)21)24-19(28)25-14-8-22-16-6-15(20)26-27(16)17(14)12(3)29-4/h5-8,11-12H,9,21H2,1-4H3,(H2,24,25,28). The van der Waals surface area contributed by atoms with Gasteiger partial charge >= 0.3 is 6.03 Å². The Morgan fingerprint density at radius 2 is 1.97 bits per heavy atom. The third kappa shape index (κ3) is 4.96. The van der Waals surface area contributed by atoms with Crippen molar-refractivity contribution >= 4 is 34.7 Å². The minimum atomic E-state index is -0.503. The first-order valence-corrected chi connectivity index (χ1v) is 9.66. The summed E-state index contributed by atoms with van der Waals surface area (Å²) in [4.78, 5) is 21.3. The van der Waals surface area contributed by atoms with E-state index in [1.807, 2.05) is 20.8 Å². The van der Waals surface area contributed by atoms with Crippen LogP contribution in [0.25, 0.3) is 5.65 Å².